The van der Waals surface area contributed by atoms with Crippen LogP contribution >= 0.6 is 0 Å². The molecule has 0 aliphatic heterocycles. The summed E-state index contributed by atoms with van der Waals surface area (Å²) in [5.41, 5.74) is 0.260. The lowest BCUT2D eigenvalue weighted by Crippen LogP contribution is -2.45. The van der Waals surface area contributed by atoms with Gasteiger partial charge in [0.1, 0.15) is 5.75 Å². The highest BCUT2D eigenvalue weighted by Crippen LogP contribution is 2.40. The van der Waals surface area contributed by atoms with Gasteiger partial charge in [-0.25, -0.2) is 0 Å². The first-order valence-electron chi connectivity index (χ1n) is 7.25. The lowest BCUT2D eigenvalue weighted by atomic mass is 9.72. The molecule has 1 saturated carbocycles. The van der Waals surface area contributed by atoms with Crippen LogP contribution in [0.4, 0.5) is 0 Å². The SMILES string of the molecule is C.CN(C)CC(c1ccc(O)cc1)C1(O)CCC(O)CC1. The summed E-state index contributed by atoms with van der Waals surface area (Å²) in [6, 6.07) is 7.09. The van der Waals surface area contributed by atoms with Gasteiger partial charge in [0.05, 0.1) is 11.7 Å². The highest BCUT2D eigenvalue weighted by atomic mass is 16.3. The van der Waals surface area contributed by atoms with Crippen molar-refractivity contribution in [2.45, 2.75) is 50.7 Å². The Kier molecular flexibility index (Phi) is 6.20. The maximum atomic E-state index is 11.0. The molecule has 21 heavy (non-hydrogen) atoms. The first-order valence-corrected chi connectivity index (χ1v) is 7.25. The maximum absolute atomic E-state index is 11.0. The Hall–Kier alpha value is -1.10. The summed E-state index contributed by atoms with van der Waals surface area (Å²) in [7, 11) is 3.99. The van der Waals surface area contributed by atoms with Crippen LogP contribution in [0.5, 0.6) is 5.75 Å². The van der Waals surface area contributed by atoms with Crippen molar-refractivity contribution < 1.29 is 15.3 Å². The van der Waals surface area contributed by atoms with E-state index in [9.17, 15) is 15.3 Å². The van der Waals surface area contributed by atoms with Crippen LogP contribution in [0.1, 0.15) is 44.6 Å². The summed E-state index contributed by atoms with van der Waals surface area (Å²) in [5, 5.41) is 30.1. The minimum absolute atomic E-state index is 0. The Morgan fingerprint density at radius 3 is 2.19 bits per heavy atom. The zero-order chi connectivity index (χ0) is 14.8. The third-order valence-electron chi connectivity index (χ3n) is 4.31. The average molecular weight is 295 g/mol. The van der Waals surface area contributed by atoms with Gasteiger partial charge in [-0.1, -0.05) is 19.6 Å². The van der Waals surface area contributed by atoms with Gasteiger partial charge in [-0.05, 0) is 57.5 Å². The molecule has 0 radical (unpaired) electrons. The highest BCUT2D eigenvalue weighted by molar-refractivity contribution is 5.30. The van der Waals surface area contributed by atoms with E-state index in [0.717, 1.165) is 12.1 Å². The fourth-order valence-corrected chi connectivity index (χ4v) is 3.11. The van der Waals surface area contributed by atoms with Crippen molar-refractivity contribution in [3.8, 4) is 5.75 Å². The van der Waals surface area contributed by atoms with E-state index in [2.05, 4.69) is 4.90 Å². The van der Waals surface area contributed by atoms with Crippen LogP contribution in [0, 0.1) is 0 Å². The molecular weight excluding hydrogens is 266 g/mol. The molecule has 3 N–H and O–H groups in total. The van der Waals surface area contributed by atoms with Crippen LogP contribution in [0.2, 0.25) is 0 Å². The number of nitrogens with zero attached hydrogens (tertiary/aromatic N) is 1. The minimum Gasteiger partial charge on any atom is -0.508 e. The number of phenolic OH excluding ortho intramolecular Hbond substituents is 1. The molecule has 0 heterocycles. The molecule has 120 valence electrons. The van der Waals surface area contributed by atoms with Crippen molar-refractivity contribution in [1.29, 1.82) is 0 Å². The van der Waals surface area contributed by atoms with Crippen molar-refractivity contribution in [3.63, 3.8) is 0 Å². The number of benzene rings is 1. The molecule has 0 bridgehead atoms. The predicted octanol–water partition coefficient (Wildman–Crippen LogP) is 2.34. The van der Waals surface area contributed by atoms with Crippen LogP contribution < -0.4 is 0 Å². The van der Waals surface area contributed by atoms with E-state index >= 15 is 0 Å². The summed E-state index contributed by atoms with van der Waals surface area (Å²) in [6.07, 6.45) is 2.26. The van der Waals surface area contributed by atoms with Gasteiger partial charge in [0, 0.05) is 12.5 Å². The molecule has 2 rings (SSSR count). The number of hydrogen-bond acceptors (Lipinski definition) is 4. The molecule has 0 spiro atoms. The summed E-state index contributed by atoms with van der Waals surface area (Å²) in [6.45, 7) is 0.747. The van der Waals surface area contributed by atoms with Crippen molar-refractivity contribution in [2.24, 2.45) is 0 Å². The number of aliphatic hydroxyl groups excluding tert-OH is 1. The molecule has 1 fully saturated rings. The molecule has 1 aromatic rings. The van der Waals surface area contributed by atoms with Crippen LogP contribution in [0.15, 0.2) is 24.3 Å². The van der Waals surface area contributed by atoms with Crippen molar-refractivity contribution >= 4 is 0 Å². The largest absolute Gasteiger partial charge is 0.508 e. The third-order valence-corrected chi connectivity index (χ3v) is 4.31. The molecular formula is C17H29NO3. The zero-order valence-corrected chi connectivity index (χ0v) is 12.3. The second-order valence-electron chi connectivity index (χ2n) is 6.24. The molecule has 1 atom stereocenters. The van der Waals surface area contributed by atoms with Crippen LogP contribution in [-0.4, -0.2) is 52.6 Å². The van der Waals surface area contributed by atoms with Crippen LogP contribution in [-0.2, 0) is 0 Å². The molecule has 4 heteroatoms. The predicted molar refractivity (Wildman–Crippen MR) is 85.6 cm³/mol. The Bertz CT molecular complexity index is 422. The monoisotopic (exact) mass is 295 g/mol. The third kappa shape index (κ3) is 4.43. The Balaban J connectivity index is 0.00000220. The Morgan fingerprint density at radius 1 is 1.19 bits per heavy atom. The van der Waals surface area contributed by atoms with E-state index in [1.807, 2.05) is 26.2 Å². The van der Waals surface area contributed by atoms with Gasteiger partial charge >= 0.3 is 0 Å². The Morgan fingerprint density at radius 2 is 1.71 bits per heavy atom. The summed E-state index contributed by atoms with van der Waals surface area (Å²) >= 11 is 0. The second-order valence-corrected chi connectivity index (χ2v) is 6.24. The first-order chi connectivity index (χ1) is 9.40. The van der Waals surface area contributed by atoms with Crippen LogP contribution in [0.3, 0.4) is 0 Å². The number of likely N-dealkylation sites (N-methyl/N-ethyl adjacent to an activating group) is 1. The van der Waals surface area contributed by atoms with E-state index in [1.54, 1.807) is 12.1 Å². The van der Waals surface area contributed by atoms with Gasteiger partial charge in [-0.2, -0.15) is 0 Å². The normalized spacial score (nSPS) is 27.2. The van der Waals surface area contributed by atoms with Crippen molar-refractivity contribution in [3.05, 3.63) is 29.8 Å². The van der Waals surface area contributed by atoms with E-state index in [1.165, 1.54) is 0 Å². The fraction of sp³-hybridized carbons (Fsp3) is 0.647. The molecule has 0 aromatic heterocycles. The van der Waals surface area contributed by atoms with Gasteiger partial charge in [0.25, 0.3) is 0 Å². The van der Waals surface area contributed by atoms with Gasteiger partial charge in [0.15, 0.2) is 0 Å². The Labute approximate surface area is 128 Å². The van der Waals surface area contributed by atoms with Crippen molar-refractivity contribution in [1.82, 2.24) is 4.90 Å². The minimum atomic E-state index is -0.777. The van der Waals surface area contributed by atoms with Gasteiger partial charge in [0.2, 0.25) is 0 Å². The van der Waals surface area contributed by atoms with Crippen molar-refractivity contribution in [2.75, 3.05) is 20.6 Å². The van der Waals surface area contributed by atoms with Gasteiger partial charge < -0.3 is 20.2 Å². The summed E-state index contributed by atoms with van der Waals surface area (Å²) in [4.78, 5) is 2.07. The topological polar surface area (TPSA) is 63.9 Å². The number of aromatic hydroxyl groups is 1. The van der Waals surface area contributed by atoms with E-state index in [0.29, 0.717) is 25.7 Å². The number of hydrogen-bond donors (Lipinski definition) is 3. The molecule has 0 amide bonds. The quantitative estimate of drug-likeness (QED) is 0.798. The molecule has 1 aliphatic rings. The summed E-state index contributed by atoms with van der Waals surface area (Å²) < 4.78 is 0. The first kappa shape index (κ1) is 18.0. The second kappa shape index (κ2) is 7.25. The molecule has 1 aliphatic carbocycles. The van der Waals surface area contributed by atoms with E-state index in [4.69, 9.17) is 0 Å². The molecule has 4 nitrogen and oxygen atoms in total. The van der Waals surface area contributed by atoms with Crippen LogP contribution in [0.25, 0.3) is 0 Å². The lowest BCUT2D eigenvalue weighted by molar-refractivity contribution is -0.0556. The molecule has 0 saturated heterocycles. The van der Waals surface area contributed by atoms with Gasteiger partial charge in [-0.15, -0.1) is 0 Å². The summed E-state index contributed by atoms with van der Waals surface area (Å²) in [5.74, 6) is 0.231. The fourth-order valence-electron chi connectivity index (χ4n) is 3.11. The number of phenols is 1. The van der Waals surface area contributed by atoms with E-state index < -0.39 is 5.60 Å². The molecule has 1 unspecified atom stereocenters. The number of aliphatic hydroxyl groups is 2. The van der Waals surface area contributed by atoms with E-state index in [-0.39, 0.29) is 25.2 Å². The lowest BCUT2D eigenvalue weighted by Gasteiger charge is -2.42. The smallest absolute Gasteiger partial charge is 0.115 e. The maximum Gasteiger partial charge on any atom is 0.115 e. The average Bonchev–Trinajstić information content (AvgIpc) is 2.41. The highest BCUT2D eigenvalue weighted by Gasteiger charge is 2.40. The standard InChI is InChI=1S/C16H25NO3.CH4/c1-17(2)11-15(12-3-5-13(18)6-4-12)16(20)9-7-14(19)8-10-16;/h3-6,14-15,18-20H,7-11H2,1-2H3;1H4. The zero-order valence-electron chi connectivity index (χ0n) is 12.3. The van der Waals surface area contributed by atoms with Gasteiger partial charge in [-0.3, -0.25) is 0 Å². The number of rotatable bonds is 4. The molecule has 1 aromatic carbocycles.